The lowest BCUT2D eigenvalue weighted by Crippen LogP contribution is -2.50. The minimum atomic E-state index is -1.40. The molecular formula is C38H74N2O5. The third kappa shape index (κ3) is 38.1. The Hall–Kier alpha value is -1.96. The standard InChI is InChI=1S/2C15H33N.C8H6O4.H2O/c2*1-2-3-4-5-6-7-8-9-10-11-12-13-14-15-16;9-7(10)5-2-1-3-6(4-5)8(11)12;/h2*2-16H2,1H3;1-4H,(H,9,10)(H,11,12);1H2. The number of benzene rings is 1. The summed E-state index contributed by atoms with van der Waals surface area (Å²) >= 11 is 0. The van der Waals surface area contributed by atoms with E-state index in [2.05, 4.69) is 25.3 Å². The van der Waals surface area contributed by atoms with Crippen LogP contribution in [0, 0.1) is 0 Å². The molecule has 0 bridgehead atoms. The fourth-order valence-electron chi connectivity index (χ4n) is 5.16. The van der Waals surface area contributed by atoms with E-state index in [1.54, 1.807) is 0 Å². The molecule has 0 saturated heterocycles. The second-order valence-corrected chi connectivity index (χ2v) is 12.3. The highest BCUT2D eigenvalue weighted by Crippen LogP contribution is 2.13. The quantitative estimate of drug-likeness (QED) is 0.104. The van der Waals surface area contributed by atoms with Crippen LogP contribution >= 0.6 is 0 Å². The second-order valence-electron chi connectivity index (χ2n) is 12.3. The summed E-state index contributed by atoms with van der Waals surface area (Å²) < 4.78 is 0. The lowest BCUT2D eigenvalue weighted by Gasteiger charge is -2.05. The molecule has 0 aliphatic rings. The van der Waals surface area contributed by atoms with E-state index < -0.39 is 11.9 Å². The molecule has 45 heavy (non-hydrogen) atoms. The Bertz CT molecular complexity index is 659. The average Bonchev–Trinajstić information content (AvgIpc) is 3.03. The summed E-state index contributed by atoms with van der Waals surface area (Å²) in [5, 5.41) is 20.5. The van der Waals surface area contributed by atoms with Crippen LogP contribution in [0.25, 0.3) is 0 Å². The normalized spacial score (nSPS) is 10.2. The van der Waals surface area contributed by atoms with Crippen molar-refractivity contribution < 1.29 is 36.7 Å². The van der Waals surface area contributed by atoms with Crippen molar-refractivity contribution in [1.82, 2.24) is 0 Å². The molecule has 7 nitrogen and oxygen atoms in total. The van der Waals surface area contributed by atoms with Crippen molar-refractivity contribution in [1.29, 1.82) is 0 Å². The maximum atomic E-state index is 10.3. The first kappa shape index (κ1) is 47.4. The summed E-state index contributed by atoms with van der Waals surface area (Å²) in [5.74, 6) is -2.81. The van der Waals surface area contributed by atoms with Gasteiger partial charge in [0.05, 0.1) is 25.0 Å². The predicted molar refractivity (Wildman–Crippen MR) is 186 cm³/mol. The number of carbonyl (C=O) groups is 2. The molecule has 0 aromatic heterocycles. The molecule has 0 aliphatic heterocycles. The van der Waals surface area contributed by atoms with Crippen molar-refractivity contribution in [3.8, 4) is 0 Å². The van der Waals surface area contributed by atoms with Crippen LogP contribution in [0.5, 0.6) is 0 Å². The highest BCUT2D eigenvalue weighted by molar-refractivity contribution is 5.91. The van der Waals surface area contributed by atoms with Gasteiger partial charge in [-0.05, 0) is 42.9 Å². The van der Waals surface area contributed by atoms with Gasteiger partial charge in [-0.25, -0.2) is 0 Å². The van der Waals surface area contributed by atoms with Crippen molar-refractivity contribution in [2.75, 3.05) is 13.1 Å². The van der Waals surface area contributed by atoms with Crippen LogP contribution in [-0.4, -0.2) is 30.5 Å². The summed E-state index contributed by atoms with van der Waals surface area (Å²) in [7, 11) is 0. The van der Waals surface area contributed by atoms with E-state index in [1.807, 2.05) is 0 Å². The van der Waals surface area contributed by atoms with Gasteiger partial charge in [0.2, 0.25) is 0 Å². The molecule has 0 atom stereocenters. The van der Waals surface area contributed by atoms with E-state index in [1.165, 1.54) is 185 Å². The molecule has 0 heterocycles. The Balaban J connectivity index is -0.000000587. The van der Waals surface area contributed by atoms with Crippen LogP contribution < -0.4 is 21.7 Å². The van der Waals surface area contributed by atoms with E-state index in [0.717, 1.165) is 19.2 Å². The third-order valence-corrected chi connectivity index (χ3v) is 8.04. The number of rotatable bonds is 28. The molecule has 0 spiro atoms. The van der Waals surface area contributed by atoms with Crippen molar-refractivity contribution in [2.24, 2.45) is 0 Å². The highest BCUT2D eigenvalue weighted by atomic mass is 16.4. The van der Waals surface area contributed by atoms with Crippen LogP contribution in [0.15, 0.2) is 24.3 Å². The summed E-state index contributed by atoms with van der Waals surface area (Å²) in [6.45, 7) is 6.82. The van der Waals surface area contributed by atoms with Gasteiger partial charge in [0, 0.05) is 0 Å². The summed E-state index contributed by atoms with van der Waals surface area (Å²) in [4.78, 5) is 20.5. The van der Waals surface area contributed by atoms with Gasteiger partial charge < -0.3 is 36.7 Å². The van der Waals surface area contributed by atoms with Gasteiger partial charge in [0.25, 0.3) is 0 Å². The molecule has 1 aromatic carbocycles. The average molecular weight is 639 g/mol. The maximum Gasteiger partial charge on any atom is 0.0739 e. The van der Waals surface area contributed by atoms with Gasteiger partial charge in [0.15, 0.2) is 0 Å². The van der Waals surface area contributed by atoms with Crippen LogP contribution in [-0.2, 0) is 0 Å². The summed E-state index contributed by atoms with van der Waals surface area (Å²) in [6, 6.07) is 4.81. The van der Waals surface area contributed by atoms with Crippen LogP contribution in [0.4, 0.5) is 0 Å². The Morgan fingerprint density at radius 2 is 0.689 bits per heavy atom. The summed E-state index contributed by atoms with van der Waals surface area (Å²) in [6.07, 6.45) is 37.4. The number of carbonyl (C=O) groups excluding carboxylic acids is 2. The molecule has 0 fully saturated rings. The number of carboxylic acids is 2. The first-order valence-corrected chi connectivity index (χ1v) is 18.6. The molecule has 7 heteroatoms. The Labute approximate surface area is 277 Å². The molecule has 0 amide bonds. The Kier molecular flexibility index (Phi) is 42.2. The topological polar surface area (TPSA) is 167 Å². The molecular weight excluding hydrogens is 564 g/mol. The van der Waals surface area contributed by atoms with Crippen LogP contribution in [0.1, 0.15) is 202 Å². The van der Waals surface area contributed by atoms with Crippen LogP contribution in [0.3, 0.4) is 0 Å². The molecule has 0 radical (unpaired) electrons. The monoisotopic (exact) mass is 639 g/mol. The van der Waals surface area contributed by atoms with Crippen molar-refractivity contribution in [3.63, 3.8) is 0 Å². The fraction of sp³-hybridized carbons (Fsp3) is 0.789. The van der Waals surface area contributed by atoms with Crippen molar-refractivity contribution in [3.05, 3.63) is 35.4 Å². The largest absolute Gasteiger partial charge is 0.545 e. The van der Waals surface area contributed by atoms with Gasteiger partial charge in [-0.1, -0.05) is 173 Å². The van der Waals surface area contributed by atoms with E-state index in [0.29, 0.717) is 0 Å². The molecule has 8 N–H and O–H groups in total. The number of hydrogen-bond donors (Lipinski definition) is 2. The van der Waals surface area contributed by atoms with Gasteiger partial charge in [-0.2, -0.15) is 0 Å². The number of hydrogen-bond acceptors (Lipinski definition) is 4. The number of aromatic carboxylic acids is 2. The lowest BCUT2D eigenvalue weighted by atomic mass is 10.0. The minimum Gasteiger partial charge on any atom is -0.545 e. The Morgan fingerprint density at radius 1 is 0.467 bits per heavy atom. The summed E-state index contributed by atoms with van der Waals surface area (Å²) in [5.41, 5.74) is 7.41. The SMILES string of the molecule is CCCCCCCCCCCCCCC[NH3+].CCCCCCCCCCCCCCC[NH3+].O.O=C([O-])c1cccc(C(=O)[O-])c1. The van der Waals surface area contributed by atoms with Gasteiger partial charge in [-0.3, -0.25) is 0 Å². The van der Waals surface area contributed by atoms with E-state index in [-0.39, 0.29) is 16.6 Å². The first-order valence-electron chi connectivity index (χ1n) is 18.6. The van der Waals surface area contributed by atoms with Crippen molar-refractivity contribution in [2.45, 2.75) is 181 Å². The first-order chi connectivity index (χ1) is 21.4. The molecule has 1 aromatic rings. The van der Waals surface area contributed by atoms with Crippen molar-refractivity contribution >= 4 is 11.9 Å². The van der Waals surface area contributed by atoms with Gasteiger partial charge >= 0.3 is 0 Å². The zero-order valence-corrected chi connectivity index (χ0v) is 29.7. The lowest BCUT2D eigenvalue weighted by molar-refractivity contribution is -0.368. The van der Waals surface area contributed by atoms with Crippen LogP contribution in [0.2, 0.25) is 0 Å². The zero-order chi connectivity index (χ0) is 32.9. The smallest absolute Gasteiger partial charge is 0.0739 e. The number of quaternary nitrogens is 2. The number of unbranched alkanes of at least 4 members (excludes halogenated alkanes) is 24. The highest BCUT2D eigenvalue weighted by Gasteiger charge is 1.97. The predicted octanol–water partition coefficient (Wildman–Crippen LogP) is 6.23. The molecule has 0 aliphatic carbocycles. The molecule has 0 unspecified atom stereocenters. The third-order valence-electron chi connectivity index (χ3n) is 8.04. The van der Waals surface area contributed by atoms with E-state index >= 15 is 0 Å². The minimum absolute atomic E-state index is 0. The fourth-order valence-corrected chi connectivity index (χ4v) is 5.16. The maximum absolute atomic E-state index is 10.3. The number of carboxylic acid groups (broad SMARTS) is 2. The van der Waals surface area contributed by atoms with E-state index in [9.17, 15) is 19.8 Å². The molecule has 1 rings (SSSR count). The Morgan fingerprint density at radius 3 is 0.889 bits per heavy atom. The van der Waals surface area contributed by atoms with Gasteiger partial charge in [-0.15, -0.1) is 0 Å². The van der Waals surface area contributed by atoms with E-state index in [4.69, 9.17) is 0 Å². The zero-order valence-electron chi connectivity index (χ0n) is 29.7. The molecule has 0 saturated carbocycles. The van der Waals surface area contributed by atoms with Gasteiger partial charge in [0.1, 0.15) is 0 Å². The molecule has 266 valence electrons. The second kappa shape index (κ2) is 40.1.